The minimum Gasteiger partial charge on any atom is -0.465 e. The van der Waals surface area contributed by atoms with Crippen LogP contribution < -0.4 is 0 Å². The van der Waals surface area contributed by atoms with E-state index < -0.39 is 0 Å². The Morgan fingerprint density at radius 2 is 1.24 bits per heavy atom. The van der Waals surface area contributed by atoms with E-state index in [0.717, 1.165) is 51.4 Å². The molecule has 198 valence electrons. The van der Waals surface area contributed by atoms with E-state index in [-0.39, 0.29) is 35.6 Å². The first-order valence-corrected chi connectivity index (χ1v) is 14.6. The predicted octanol–water partition coefficient (Wildman–Crippen LogP) is 7.69. The number of hydrogen-bond acceptors (Lipinski definition) is 4. The van der Waals surface area contributed by atoms with Gasteiger partial charge in [-0.1, -0.05) is 87.0 Å². The van der Waals surface area contributed by atoms with Crippen LogP contribution in [0.2, 0.25) is 0 Å². The van der Waals surface area contributed by atoms with Crippen LogP contribution in [0.25, 0.3) is 0 Å². The molecule has 3 aliphatic carbocycles. The van der Waals surface area contributed by atoms with Gasteiger partial charge in [0.2, 0.25) is 0 Å². The minimum absolute atomic E-state index is 0.137. The van der Waals surface area contributed by atoms with Gasteiger partial charge in [0.25, 0.3) is 0 Å². The Kier molecular flexibility index (Phi) is 12.4. The lowest BCUT2D eigenvalue weighted by Gasteiger charge is -2.54. The number of fused-ring (bicyclic) bond motifs is 3. The quantitative estimate of drug-likeness (QED) is 0.226. The zero-order valence-corrected chi connectivity index (χ0v) is 23.3. The Labute approximate surface area is 210 Å². The second-order valence-corrected chi connectivity index (χ2v) is 11.8. The average Bonchev–Trinajstić information content (AvgIpc) is 2.83. The van der Waals surface area contributed by atoms with Gasteiger partial charge in [-0.05, 0) is 67.1 Å². The highest BCUT2D eigenvalue weighted by Crippen LogP contribution is 2.56. The fraction of sp³-hybridized carbons (Fsp3) is 0.933. The molecule has 0 aromatic rings. The SMILES string of the molecule is CCCCC(CC)COC(=O)[C@H]1C2CC(C(C)C)C(CC2C)[C@@H]1C(=O)OCC(CC)CCCC. The Morgan fingerprint density at radius 3 is 1.65 bits per heavy atom. The van der Waals surface area contributed by atoms with Crippen molar-refractivity contribution in [2.45, 2.75) is 113 Å². The van der Waals surface area contributed by atoms with Crippen LogP contribution in [-0.4, -0.2) is 25.2 Å². The van der Waals surface area contributed by atoms with Crippen molar-refractivity contribution in [2.75, 3.05) is 13.2 Å². The molecule has 0 aromatic carbocycles. The van der Waals surface area contributed by atoms with Gasteiger partial charge in [-0.15, -0.1) is 0 Å². The first-order chi connectivity index (χ1) is 16.3. The summed E-state index contributed by atoms with van der Waals surface area (Å²) < 4.78 is 11.9. The lowest BCUT2D eigenvalue weighted by atomic mass is 9.49. The maximum atomic E-state index is 13.6. The number of carbonyl (C=O) groups excluding carboxylic acids is 2. The molecular weight excluding hydrogens is 424 g/mol. The van der Waals surface area contributed by atoms with E-state index in [2.05, 4.69) is 48.5 Å². The smallest absolute Gasteiger partial charge is 0.310 e. The van der Waals surface area contributed by atoms with Crippen molar-refractivity contribution in [3.8, 4) is 0 Å². The number of ether oxygens (including phenoxy) is 2. The normalized spacial score (nSPS) is 30.2. The first-order valence-electron chi connectivity index (χ1n) is 14.6. The molecule has 3 aliphatic rings. The van der Waals surface area contributed by atoms with Crippen LogP contribution in [0.5, 0.6) is 0 Å². The molecule has 2 bridgehead atoms. The average molecular weight is 479 g/mol. The number of esters is 2. The summed E-state index contributed by atoms with van der Waals surface area (Å²) in [5, 5.41) is 0. The molecular formula is C30H54O4. The van der Waals surface area contributed by atoms with Gasteiger partial charge in [-0.3, -0.25) is 9.59 Å². The molecule has 34 heavy (non-hydrogen) atoms. The third kappa shape index (κ3) is 7.47. The zero-order valence-electron chi connectivity index (χ0n) is 23.3. The third-order valence-corrected chi connectivity index (χ3v) is 9.19. The summed E-state index contributed by atoms with van der Waals surface area (Å²) in [5.74, 6) is 1.78. The molecule has 0 aromatic heterocycles. The molecule has 0 spiro atoms. The van der Waals surface area contributed by atoms with Gasteiger partial charge >= 0.3 is 11.9 Å². The van der Waals surface area contributed by atoms with Crippen LogP contribution in [0.15, 0.2) is 0 Å². The van der Waals surface area contributed by atoms with Crippen molar-refractivity contribution in [2.24, 2.45) is 53.3 Å². The van der Waals surface area contributed by atoms with Crippen molar-refractivity contribution < 1.29 is 19.1 Å². The van der Waals surface area contributed by atoms with E-state index in [1.54, 1.807) is 0 Å². The summed E-state index contributed by atoms with van der Waals surface area (Å²) in [5.41, 5.74) is 0. The fourth-order valence-electron chi connectivity index (χ4n) is 6.74. The molecule has 4 heteroatoms. The third-order valence-electron chi connectivity index (χ3n) is 9.19. The van der Waals surface area contributed by atoms with E-state index in [1.165, 1.54) is 12.8 Å². The molecule has 8 atom stereocenters. The van der Waals surface area contributed by atoms with E-state index in [4.69, 9.17) is 9.47 Å². The molecule has 4 nitrogen and oxygen atoms in total. The maximum Gasteiger partial charge on any atom is 0.310 e. The Morgan fingerprint density at radius 1 is 0.765 bits per heavy atom. The van der Waals surface area contributed by atoms with E-state index in [9.17, 15) is 9.59 Å². The minimum atomic E-state index is -0.339. The lowest BCUT2D eigenvalue weighted by molar-refractivity contribution is -0.184. The maximum absolute atomic E-state index is 13.6. The van der Waals surface area contributed by atoms with Gasteiger partial charge in [-0.2, -0.15) is 0 Å². The fourth-order valence-corrected chi connectivity index (χ4v) is 6.74. The summed E-state index contributed by atoms with van der Waals surface area (Å²) in [7, 11) is 0. The van der Waals surface area contributed by atoms with E-state index >= 15 is 0 Å². The van der Waals surface area contributed by atoms with Crippen LogP contribution in [0, 0.1) is 53.3 Å². The molecule has 3 saturated carbocycles. The second kappa shape index (κ2) is 14.5. The molecule has 3 fully saturated rings. The highest BCUT2D eigenvalue weighted by Gasteiger charge is 2.58. The summed E-state index contributed by atoms with van der Waals surface area (Å²) in [6, 6.07) is 0. The van der Waals surface area contributed by atoms with Crippen molar-refractivity contribution >= 4 is 11.9 Å². The molecule has 6 unspecified atom stereocenters. The number of hydrogen-bond donors (Lipinski definition) is 0. The molecule has 3 rings (SSSR count). The summed E-state index contributed by atoms with van der Waals surface area (Å²) in [6.07, 6.45) is 11.0. The lowest BCUT2D eigenvalue weighted by Crippen LogP contribution is -2.56. The van der Waals surface area contributed by atoms with Gasteiger partial charge in [0.1, 0.15) is 0 Å². The van der Waals surface area contributed by atoms with Crippen molar-refractivity contribution in [3.63, 3.8) is 0 Å². The highest BCUT2D eigenvalue weighted by atomic mass is 16.5. The molecule has 0 heterocycles. The molecule has 0 saturated heterocycles. The molecule has 0 aliphatic heterocycles. The zero-order chi connectivity index (χ0) is 25.3. The number of carbonyl (C=O) groups is 2. The summed E-state index contributed by atoms with van der Waals surface area (Å²) in [6.45, 7) is 16.5. The van der Waals surface area contributed by atoms with Gasteiger partial charge in [0.15, 0.2) is 0 Å². The largest absolute Gasteiger partial charge is 0.465 e. The van der Waals surface area contributed by atoms with E-state index in [0.29, 0.717) is 42.8 Å². The second-order valence-electron chi connectivity index (χ2n) is 11.8. The molecule has 0 radical (unpaired) electrons. The monoisotopic (exact) mass is 478 g/mol. The van der Waals surface area contributed by atoms with Crippen molar-refractivity contribution in [1.29, 1.82) is 0 Å². The Balaban J connectivity index is 2.16. The molecule has 0 N–H and O–H groups in total. The number of rotatable bonds is 15. The standard InChI is InChI=1S/C30H54O4/c1-8-12-14-22(10-3)18-33-29(31)27-25-17-24(20(5)6)26(16-21(25)7)28(27)30(32)34-19-23(11-4)15-13-9-2/h20-28H,8-19H2,1-7H3/t21?,22?,23?,24?,25?,26?,27-,28-/m0/s1. The van der Waals surface area contributed by atoms with Crippen molar-refractivity contribution in [3.05, 3.63) is 0 Å². The Hall–Kier alpha value is -1.06. The number of unbranched alkanes of at least 4 members (excludes halogenated alkanes) is 2. The summed E-state index contributed by atoms with van der Waals surface area (Å²) in [4.78, 5) is 27.1. The van der Waals surface area contributed by atoms with E-state index in [1.807, 2.05) is 0 Å². The van der Waals surface area contributed by atoms with Crippen LogP contribution in [0.4, 0.5) is 0 Å². The van der Waals surface area contributed by atoms with Crippen molar-refractivity contribution in [1.82, 2.24) is 0 Å². The van der Waals surface area contributed by atoms with Gasteiger partial charge in [0, 0.05) is 0 Å². The van der Waals surface area contributed by atoms with Gasteiger partial charge in [-0.25, -0.2) is 0 Å². The molecule has 0 amide bonds. The first kappa shape index (κ1) is 29.2. The Bertz CT molecular complexity index is 615. The topological polar surface area (TPSA) is 52.6 Å². The highest BCUT2D eigenvalue weighted by molar-refractivity contribution is 5.83. The summed E-state index contributed by atoms with van der Waals surface area (Å²) >= 11 is 0. The van der Waals surface area contributed by atoms with Gasteiger partial charge in [0.05, 0.1) is 25.0 Å². The van der Waals surface area contributed by atoms with Crippen LogP contribution in [0.3, 0.4) is 0 Å². The van der Waals surface area contributed by atoms with Gasteiger partial charge < -0.3 is 9.47 Å². The van der Waals surface area contributed by atoms with Crippen LogP contribution >= 0.6 is 0 Å². The predicted molar refractivity (Wildman–Crippen MR) is 139 cm³/mol. The van der Waals surface area contributed by atoms with Crippen LogP contribution in [0.1, 0.15) is 113 Å². The van der Waals surface area contributed by atoms with Crippen LogP contribution in [-0.2, 0) is 19.1 Å².